The van der Waals surface area contributed by atoms with Crippen LogP contribution in [0.25, 0.3) is 76.1 Å². The fourth-order valence-electron chi connectivity index (χ4n) is 6.55. The van der Waals surface area contributed by atoms with Crippen molar-refractivity contribution in [1.29, 1.82) is 0 Å². The van der Waals surface area contributed by atoms with Gasteiger partial charge in [0.25, 0.3) is 0 Å². The van der Waals surface area contributed by atoms with Crippen LogP contribution in [0.15, 0.2) is 133 Å². The smallest absolute Gasteiger partial charge is 0.123 e. The molecule has 1 heteroatoms. The summed E-state index contributed by atoms with van der Waals surface area (Å²) in [6, 6.07) is 46.4. The second-order valence-corrected chi connectivity index (χ2v) is 10.7. The Bertz CT molecular complexity index is 2290. The van der Waals surface area contributed by atoms with Crippen molar-refractivity contribution < 1.29 is 4.39 Å². The van der Waals surface area contributed by atoms with Gasteiger partial charge in [-0.2, -0.15) is 0 Å². The first kappa shape index (κ1) is 22.9. The summed E-state index contributed by atoms with van der Waals surface area (Å²) < 4.78 is 15.0. The third-order valence-electron chi connectivity index (χ3n) is 8.38. The van der Waals surface area contributed by atoms with Crippen molar-refractivity contribution in [2.75, 3.05) is 0 Å². The Balaban J connectivity index is 1.50. The predicted molar refractivity (Wildman–Crippen MR) is 170 cm³/mol. The normalized spacial score (nSPS) is 11.8. The van der Waals surface area contributed by atoms with Gasteiger partial charge in [-0.1, -0.05) is 109 Å². The zero-order valence-electron chi connectivity index (χ0n) is 22.1. The van der Waals surface area contributed by atoms with E-state index in [-0.39, 0.29) is 5.82 Å². The second-order valence-electron chi connectivity index (χ2n) is 10.7. The van der Waals surface area contributed by atoms with Crippen LogP contribution in [-0.2, 0) is 0 Å². The van der Waals surface area contributed by atoms with E-state index in [2.05, 4.69) is 122 Å². The first-order chi connectivity index (χ1) is 19.7. The van der Waals surface area contributed by atoms with E-state index in [0.717, 1.165) is 33.0 Å². The Morgan fingerprint density at radius 2 is 1.02 bits per heavy atom. The van der Waals surface area contributed by atoms with E-state index in [4.69, 9.17) is 0 Å². The van der Waals surface area contributed by atoms with E-state index in [1.165, 1.54) is 48.7 Å². The highest BCUT2D eigenvalue weighted by atomic mass is 19.1. The fourth-order valence-corrected chi connectivity index (χ4v) is 6.55. The lowest BCUT2D eigenvalue weighted by Crippen LogP contribution is -1.94. The zero-order valence-corrected chi connectivity index (χ0v) is 22.1. The summed E-state index contributed by atoms with van der Waals surface area (Å²) >= 11 is 0. The molecule has 0 unspecified atom stereocenters. The minimum absolute atomic E-state index is 0.224. The molecule has 40 heavy (non-hydrogen) atoms. The molecule has 0 fully saturated rings. The fraction of sp³-hybridized carbons (Fsp3) is 0.0256. The Kier molecular flexibility index (Phi) is 5.02. The molecule has 0 radical (unpaired) electrons. The molecule has 8 rings (SSSR count). The number of hydrogen-bond acceptors (Lipinski definition) is 0. The third kappa shape index (κ3) is 3.45. The lowest BCUT2D eigenvalue weighted by molar-refractivity contribution is 0.630. The summed E-state index contributed by atoms with van der Waals surface area (Å²) in [6.45, 7) is 2.16. The topological polar surface area (TPSA) is 0 Å². The maximum Gasteiger partial charge on any atom is 0.123 e. The van der Waals surface area contributed by atoms with E-state index in [0.29, 0.717) is 0 Å². The Morgan fingerprint density at radius 3 is 1.93 bits per heavy atom. The zero-order chi connectivity index (χ0) is 26.8. The van der Waals surface area contributed by atoms with E-state index >= 15 is 4.39 Å². The molecule has 0 saturated carbocycles. The summed E-state index contributed by atoms with van der Waals surface area (Å²) in [7, 11) is 0. The van der Waals surface area contributed by atoms with Crippen molar-refractivity contribution in [2.45, 2.75) is 6.92 Å². The summed E-state index contributed by atoms with van der Waals surface area (Å²) in [5.41, 5.74) is 5.65. The van der Waals surface area contributed by atoms with Gasteiger partial charge < -0.3 is 0 Å². The molecule has 0 N–H and O–H groups in total. The molecular formula is C39H25F. The first-order valence-electron chi connectivity index (χ1n) is 13.7. The molecule has 0 aromatic heterocycles. The van der Waals surface area contributed by atoms with Gasteiger partial charge in [-0.05, 0) is 113 Å². The molecule has 0 aliphatic carbocycles. The predicted octanol–water partition coefficient (Wildman–Crippen LogP) is 11.2. The molecule has 0 spiro atoms. The lowest BCUT2D eigenvalue weighted by atomic mass is 9.83. The van der Waals surface area contributed by atoms with Crippen molar-refractivity contribution in [3.8, 4) is 22.3 Å². The van der Waals surface area contributed by atoms with Crippen LogP contribution in [0.4, 0.5) is 4.39 Å². The molecule has 0 aliphatic rings. The van der Waals surface area contributed by atoms with Gasteiger partial charge in [0.05, 0.1) is 0 Å². The van der Waals surface area contributed by atoms with Crippen LogP contribution < -0.4 is 0 Å². The lowest BCUT2D eigenvalue weighted by Gasteiger charge is -2.20. The number of fused-ring (bicyclic) bond motifs is 6. The molecule has 8 aromatic rings. The Labute approximate surface area is 231 Å². The number of hydrogen-bond donors (Lipinski definition) is 0. The van der Waals surface area contributed by atoms with Gasteiger partial charge in [0.1, 0.15) is 5.82 Å². The summed E-state index contributed by atoms with van der Waals surface area (Å²) in [6.07, 6.45) is 0. The average Bonchev–Trinajstić information content (AvgIpc) is 2.99. The van der Waals surface area contributed by atoms with Crippen LogP contribution >= 0.6 is 0 Å². The van der Waals surface area contributed by atoms with Crippen LogP contribution in [-0.4, -0.2) is 0 Å². The van der Waals surface area contributed by atoms with Crippen LogP contribution in [0.3, 0.4) is 0 Å². The number of aryl methyl sites for hydroxylation is 1. The van der Waals surface area contributed by atoms with Gasteiger partial charge in [0.15, 0.2) is 0 Å². The van der Waals surface area contributed by atoms with E-state index in [1.54, 1.807) is 12.1 Å². The molecule has 0 aliphatic heterocycles. The van der Waals surface area contributed by atoms with Crippen molar-refractivity contribution >= 4 is 53.9 Å². The average molecular weight is 513 g/mol. The Morgan fingerprint density at radius 1 is 0.400 bits per heavy atom. The molecular weight excluding hydrogens is 487 g/mol. The van der Waals surface area contributed by atoms with Crippen molar-refractivity contribution in [3.63, 3.8) is 0 Å². The quantitative estimate of drug-likeness (QED) is 0.160. The van der Waals surface area contributed by atoms with Crippen LogP contribution in [0.2, 0.25) is 0 Å². The van der Waals surface area contributed by atoms with Crippen LogP contribution in [0.1, 0.15) is 5.56 Å². The second kappa shape index (κ2) is 8.76. The summed E-state index contributed by atoms with van der Waals surface area (Å²) in [4.78, 5) is 0. The summed E-state index contributed by atoms with van der Waals surface area (Å²) in [5.74, 6) is -0.224. The maximum atomic E-state index is 15.0. The molecule has 0 nitrogen and oxygen atoms in total. The van der Waals surface area contributed by atoms with Crippen molar-refractivity contribution in [1.82, 2.24) is 0 Å². The van der Waals surface area contributed by atoms with Crippen LogP contribution in [0.5, 0.6) is 0 Å². The highest BCUT2D eigenvalue weighted by molar-refractivity contribution is 6.23. The third-order valence-corrected chi connectivity index (χ3v) is 8.38. The molecule has 0 amide bonds. The maximum absolute atomic E-state index is 15.0. The van der Waals surface area contributed by atoms with Gasteiger partial charge in [0.2, 0.25) is 0 Å². The highest BCUT2D eigenvalue weighted by Crippen LogP contribution is 2.46. The standard InChI is InChI=1S/C39H25F/c1-24-7-6-12-35-37(24)39(30-17-19-33-28(22-30)15-14-26-9-4-5-11-32(26)33)36-23-31(40)18-20-34(36)38(35)29-16-13-25-8-2-3-10-27(25)21-29/h2-23H,1H3. The van der Waals surface area contributed by atoms with E-state index < -0.39 is 0 Å². The van der Waals surface area contributed by atoms with Crippen molar-refractivity contribution in [2.24, 2.45) is 0 Å². The van der Waals surface area contributed by atoms with Gasteiger partial charge in [-0.3, -0.25) is 0 Å². The minimum Gasteiger partial charge on any atom is -0.207 e. The number of rotatable bonds is 2. The largest absolute Gasteiger partial charge is 0.207 e. The molecule has 8 aromatic carbocycles. The molecule has 0 bridgehead atoms. The summed E-state index contributed by atoms with van der Waals surface area (Å²) in [5, 5.41) is 11.6. The van der Waals surface area contributed by atoms with Crippen molar-refractivity contribution in [3.05, 3.63) is 145 Å². The number of benzene rings is 8. The molecule has 0 saturated heterocycles. The van der Waals surface area contributed by atoms with Gasteiger partial charge >= 0.3 is 0 Å². The van der Waals surface area contributed by atoms with Crippen LogP contribution in [0, 0.1) is 12.7 Å². The monoisotopic (exact) mass is 512 g/mol. The van der Waals surface area contributed by atoms with Gasteiger partial charge in [0, 0.05) is 0 Å². The van der Waals surface area contributed by atoms with Gasteiger partial charge in [-0.25, -0.2) is 4.39 Å². The van der Waals surface area contributed by atoms with E-state index in [1.807, 2.05) is 6.07 Å². The first-order valence-corrected chi connectivity index (χ1v) is 13.7. The minimum atomic E-state index is -0.224. The highest BCUT2D eigenvalue weighted by Gasteiger charge is 2.19. The Hall–Kier alpha value is -5.01. The van der Waals surface area contributed by atoms with Gasteiger partial charge in [-0.15, -0.1) is 0 Å². The van der Waals surface area contributed by atoms with E-state index in [9.17, 15) is 0 Å². The molecule has 0 atom stereocenters. The molecule has 0 heterocycles. The molecule has 188 valence electrons. The SMILES string of the molecule is Cc1cccc2c(-c3ccc4ccccc4c3)c3ccc(F)cc3c(-c3ccc4c(ccc5ccccc54)c3)c12. The number of halogens is 1.